The van der Waals surface area contributed by atoms with Crippen molar-refractivity contribution >= 4 is 11.8 Å². The Balaban J connectivity index is 1.31. The predicted octanol–water partition coefficient (Wildman–Crippen LogP) is 3.48. The largest absolute Gasteiger partial charge is 0.337 e. The van der Waals surface area contributed by atoms with Crippen LogP contribution >= 0.6 is 0 Å². The van der Waals surface area contributed by atoms with Crippen LogP contribution in [-0.4, -0.2) is 50.5 Å². The molecule has 6 nitrogen and oxygen atoms in total. The summed E-state index contributed by atoms with van der Waals surface area (Å²) >= 11 is 0. The molecule has 2 amide bonds. The van der Waals surface area contributed by atoms with E-state index < -0.39 is 0 Å². The van der Waals surface area contributed by atoms with Crippen molar-refractivity contribution in [3.05, 3.63) is 53.3 Å². The lowest BCUT2D eigenvalue weighted by Gasteiger charge is -2.59. The third-order valence-corrected chi connectivity index (χ3v) is 7.55. The first-order valence-corrected chi connectivity index (χ1v) is 11.2. The monoisotopic (exact) mass is 406 g/mol. The van der Waals surface area contributed by atoms with Crippen LogP contribution < -0.4 is 0 Å². The zero-order valence-electron chi connectivity index (χ0n) is 17.9. The number of benzene rings is 1. The number of carbonyl (C=O) groups is 2. The van der Waals surface area contributed by atoms with Gasteiger partial charge in [0.15, 0.2) is 5.69 Å². The molecule has 3 aliphatic rings. The van der Waals surface area contributed by atoms with Gasteiger partial charge in [0.1, 0.15) is 0 Å². The highest BCUT2D eigenvalue weighted by Gasteiger charge is 2.63. The smallest absolute Gasteiger partial charge is 0.274 e. The highest BCUT2D eigenvalue weighted by Crippen LogP contribution is 2.60. The van der Waals surface area contributed by atoms with Crippen molar-refractivity contribution in [3.63, 3.8) is 0 Å². The Bertz CT molecular complexity index is 933. The van der Waals surface area contributed by atoms with Gasteiger partial charge in [-0.1, -0.05) is 43.2 Å². The number of piperidine rings is 1. The Kier molecular flexibility index (Phi) is 4.68. The summed E-state index contributed by atoms with van der Waals surface area (Å²) < 4.78 is 1.74. The number of hydrogen-bond donors (Lipinski definition) is 0. The van der Waals surface area contributed by atoms with Crippen molar-refractivity contribution in [2.24, 2.45) is 12.5 Å². The zero-order chi connectivity index (χ0) is 20.9. The molecule has 2 aromatic rings. The first-order chi connectivity index (χ1) is 14.5. The molecule has 5 rings (SSSR count). The van der Waals surface area contributed by atoms with Crippen LogP contribution in [-0.2, 0) is 11.8 Å². The van der Waals surface area contributed by atoms with E-state index in [0.29, 0.717) is 24.7 Å². The van der Waals surface area contributed by atoms with E-state index in [4.69, 9.17) is 0 Å². The Labute approximate surface area is 177 Å². The van der Waals surface area contributed by atoms with Crippen molar-refractivity contribution in [2.45, 2.75) is 57.5 Å². The zero-order valence-corrected chi connectivity index (χ0v) is 17.9. The molecule has 0 bridgehead atoms. The summed E-state index contributed by atoms with van der Waals surface area (Å²) in [7, 11) is 1.86. The second-order valence-corrected chi connectivity index (χ2v) is 9.21. The maximum Gasteiger partial charge on any atom is 0.274 e. The van der Waals surface area contributed by atoms with E-state index in [1.54, 1.807) is 4.68 Å². The van der Waals surface area contributed by atoms with Gasteiger partial charge in [0.25, 0.3) is 5.91 Å². The van der Waals surface area contributed by atoms with E-state index in [9.17, 15) is 9.59 Å². The highest BCUT2D eigenvalue weighted by atomic mass is 16.2. The Morgan fingerprint density at radius 1 is 1.10 bits per heavy atom. The summed E-state index contributed by atoms with van der Waals surface area (Å²) in [5.41, 5.74) is 2.58. The van der Waals surface area contributed by atoms with Gasteiger partial charge in [-0.3, -0.25) is 14.3 Å². The van der Waals surface area contributed by atoms with Crippen LogP contribution in [0.5, 0.6) is 0 Å². The maximum atomic E-state index is 13.4. The number of β-lactam (4-membered cyclic amide) rings is 1. The molecule has 3 fully saturated rings. The number of aryl methyl sites for hydroxylation is 2. The van der Waals surface area contributed by atoms with Crippen LogP contribution in [0.2, 0.25) is 0 Å². The molecule has 1 saturated carbocycles. The van der Waals surface area contributed by atoms with Crippen molar-refractivity contribution < 1.29 is 9.59 Å². The van der Waals surface area contributed by atoms with Gasteiger partial charge in [0, 0.05) is 31.9 Å². The fourth-order valence-electron chi connectivity index (χ4n) is 5.85. The predicted molar refractivity (Wildman–Crippen MR) is 114 cm³/mol. The fraction of sp³-hybridized carbons (Fsp3) is 0.542. The molecule has 3 heterocycles. The average molecular weight is 407 g/mol. The summed E-state index contributed by atoms with van der Waals surface area (Å²) in [5, 5.41) is 4.34. The fourth-order valence-corrected chi connectivity index (χ4v) is 5.85. The van der Waals surface area contributed by atoms with Crippen molar-refractivity contribution in [1.82, 2.24) is 19.6 Å². The minimum atomic E-state index is -0.181. The minimum absolute atomic E-state index is 0.000964. The van der Waals surface area contributed by atoms with Crippen molar-refractivity contribution in [3.8, 4) is 0 Å². The molecule has 2 aliphatic heterocycles. The van der Waals surface area contributed by atoms with E-state index >= 15 is 0 Å². The van der Waals surface area contributed by atoms with Crippen molar-refractivity contribution in [1.29, 1.82) is 0 Å². The first kappa shape index (κ1) is 19.3. The second-order valence-electron chi connectivity index (χ2n) is 9.21. The van der Waals surface area contributed by atoms with Gasteiger partial charge in [-0.05, 0) is 44.2 Å². The molecule has 30 heavy (non-hydrogen) atoms. The van der Waals surface area contributed by atoms with Crippen molar-refractivity contribution in [2.75, 3.05) is 13.1 Å². The third-order valence-electron chi connectivity index (χ3n) is 7.55. The SMILES string of the molecule is Cc1cc(C(=O)N2CCC(N3C(=O)C4(CCCC4)C3c3ccccc3)CC2)nn1C. The quantitative estimate of drug-likeness (QED) is 0.734. The van der Waals surface area contributed by atoms with Crippen LogP contribution in [0.1, 0.15) is 66.3 Å². The molecule has 158 valence electrons. The molecule has 0 radical (unpaired) electrons. The van der Waals surface area contributed by atoms with Gasteiger partial charge in [-0.25, -0.2) is 0 Å². The summed E-state index contributed by atoms with van der Waals surface area (Å²) in [5.74, 6) is 0.345. The van der Waals surface area contributed by atoms with E-state index in [0.717, 1.165) is 44.2 Å². The molecular weight excluding hydrogens is 376 g/mol. The van der Waals surface area contributed by atoms with E-state index in [2.05, 4.69) is 34.3 Å². The number of carbonyl (C=O) groups excluding carboxylic acids is 2. The van der Waals surface area contributed by atoms with E-state index in [-0.39, 0.29) is 23.4 Å². The molecule has 1 aromatic heterocycles. The number of nitrogens with zero attached hydrogens (tertiary/aromatic N) is 4. The number of aromatic nitrogens is 2. The van der Waals surface area contributed by atoms with Gasteiger partial charge in [0.2, 0.25) is 5.91 Å². The van der Waals surface area contributed by atoms with Crippen LogP contribution in [0, 0.1) is 12.3 Å². The maximum absolute atomic E-state index is 13.4. The highest BCUT2D eigenvalue weighted by molar-refractivity contribution is 5.93. The van der Waals surface area contributed by atoms with Crippen LogP contribution in [0.4, 0.5) is 0 Å². The first-order valence-electron chi connectivity index (χ1n) is 11.2. The molecule has 1 spiro atoms. The molecule has 2 saturated heterocycles. The third kappa shape index (κ3) is 2.88. The minimum Gasteiger partial charge on any atom is -0.337 e. The van der Waals surface area contributed by atoms with E-state index in [1.165, 1.54) is 5.56 Å². The number of rotatable bonds is 3. The molecular formula is C24H30N4O2. The number of amides is 2. The Hall–Kier alpha value is -2.63. The number of hydrogen-bond acceptors (Lipinski definition) is 3. The van der Waals surface area contributed by atoms with Crippen LogP contribution in [0.3, 0.4) is 0 Å². The molecule has 1 atom stereocenters. The molecule has 1 unspecified atom stereocenters. The lowest BCUT2D eigenvalue weighted by Crippen LogP contribution is -2.66. The Morgan fingerprint density at radius 2 is 1.77 bits per heavy atom. The summed E-state index contributed by atoms with van der Waals surface area (Å²) in [4.78, 5) is 30.3. The number of likely N-dealkylation sites (tertiary alicyclic amines) is 2. The average Bonchev–Trinajstić information content (AvgIpc) is 3.40. The lowest BCUT2D eigenvalue weighted by atomic mass is 9.65. The van der Waals surface area contributed by atoms with Gasteiger partial charge in [-0.2, -0.15) is 5.10 Å². The summed E-state index contributed by atoms with van der Waals surface area (Å²) in [6.07, 6.45) is 6.00. The van der Waals surface area contributed by atoms with Crippen LogP contribution in [0.25, 0.3) is 0 Å². The Morgan fingerprint density at radius 3 is 2.37 bits per heavy atom. The topological polar surface area (TPSA) is 58.4 Å². The lowest BCUT2D eigenvalue weighted by molar-refractivity contribution is -0.180. The standard InChI is InChI=1S/C24H30N4O2/c1-17-16-20(25-26(17)2)22(29)27-14-10-19(11-15-27)28-21(18-8-4-3-5-9-18)24(23(28)30)12-6-7-13-24/h3-5,8-9,16,19,21H,6-7,10-15H2,1-2H3. The molecule has 6 heteroatoms. The summed E-state index contributed by atoms with van der Waals surface area (Å²) in [6.45, 7) is 3.31. The van der Waals surface area contributed by atoms with Crippen LogP contribution in [0.15, 0.2) is 36.4 Å². The van der Waals surface area contributed by atoms with Gasteiger partial charge < -0.3 is 9.80 Å². The van der Waals surface area contributed by atoms with Gasteiger partial charge in [0.05, 0.1) is 11.5 Å². The normalized spacial score (nSPS) is 23.8. The van der Waals surface area contributed by atoms with Gasteiger partial charge in [-0.15, -0.1) is 0 Å². The molecule has 1 aromatic carbocycles. The molecule has 0 N–H and O–H groups in total. The molecule has 1 aliphatic carbocycles. The second kappa shape index (κ2) is 7.25. The van der Waals surface area contributed by atoms with E-state index in [1.807, 2.05) is 31.0 Å². The van der Waals surface area contributed by atoms with Gasteiger partial charge >= 0.3 is 0 Å². The summed E-state index contributed by atoms with van der Waals surface area (Å²) in [6, 6.07) is 12.8.